The second-order valence-electron chi connectivity index (χ2n) is 21.7. The number of nitrogens with zero attached hydrogens (tertiary/aromatic N) is 6. The molecule has 24 heteroatoms. The summed E-state index contributed by atoms with van der Waals surface area (Å²) in [5.41, 5.74) is -16.2. The molecule has 12 rings (SSSR count). The molecule has 0 aliphatic carbocycles. The normalized spacial score (nSPS) is 26.1. The summed E-state index contributed by atoms with van der Waals surface area (Å²) in [6.07, 6.45) is -28.9. The van der Waals surface area contributed by atoms with Gasteiger partial charge in [-0.25, -0.2) is 17.6 Å². The Kier molecular flexibility index (Phi) is 12.6. The fraction of sp³-hybridized carbons (Fsp3) is 0.317. The Hall–Kier alpha value is -9.04. The summed E-state index contributed by atoms with van der Waals surface area (Å²) in [4.78, 5) is 56.2. The third-order valence-electron chi connectivity index (χ3n) is 14.5. The van der Waals surface area contributed by atoms with Gasteiger partial charge in [-0.1, -0.05) is 120 Å². The second kappa shape index (κ2) is 35.1. The molecular weight excluding hydrogens is 1420 g/mol. The van der Waals surface area contributed by atoms with E-state index in [-0.39, 0.29) is 43.1 Å². The number of carbonyl (C=O) groups excluding carboxylic acids is 2. The number of amides is 2. The van der Waals surface area contributed by atoms with Crippen LogP contribution < -0.4 is 10.9 Å². The molecule has 0 atom stereocenters. The summed E-state index contributed by atoms with van der Waals surface area (Å²) >= 11 is -0.464. The maximum absolute atomic E-state index is 15.9. The maximum Gasteiger partial charge on any atom is 0.416 e. The zero-order chi connectivity index (χ0) is 116. The second-order valence-corrected chi connectivity index (χ2v) is 23.4. The van der Waals surface area contributed by atoms with Crippen LogP contribution in [0.3, 0.4) is 0 Å². The Morgan fingerprint density at radius 1 is 0.538 bits per heavy atom. The number of methoxy groups -OCH3 is 2. The lowest BCUT2D eigenvalue weighted by atomic mass is 10.00. The van der Waals surface area contributed by atoms with E-state index >= 15 is 18.4 Å². The highest BCUT2D eigenvalue weighted by atomic mass is 32.2. The largest absolute Gasteiger partial charge is 0.416 e. The molecule has 0 unspecified atom stereocenters. The Labute approximate surface area is 681 Å². The van der Waals surface area contributed by atoms with E-state index in [0.29, 0.717) is 54.6 Å². The minimum absolute atomic E-state index is 0.0000200. The van der Waals surface area contributed by atoms with Gasteiger partial charge in [-0.3, -0.25) is 19.2 Å². The van der Waals surface area contributed by atoms with E-state index in [0.717, 1.165) is 92.7 Å². The van der Waals surface area contributed by atoms with E-state index in [1.807, 2.05) is 0 Å². The highest BCUT2D eigenvalue weighted by Crippen LogP contribution is 2.36. The van der Waals surface area contributed by atoms with Crippen molar-refractivity contribution in [3.63, 3.8) is 0 Å². The molecule has 2 saturated heterocycles. The van der Waals surface area contributed by atoms with Crippen molar-refractivity contribution >= 4 is 57.1 Å². The lowest BCUT2D eigenvalue weighted by Gasteiger charge is -2.39. The molecule has 2 aromatic heterocycles. The van der Waals surface area contributed by atoms with Crippen LogP contribution in [-0.4, -0.2) is 119 Å². The minimum Gasteiger partial charge on any atom is -0.383 e. The molecule has 2 aliphatic rings. The topological polar surface area (TPSA) is 110 Å². The zero-order valence-electron chi connectivity index (χ0n) is 100. The summed E-state index contributed by atoms with van der Waals surface area (Å²) in [7, 11) is -7.03. The Bertz CT molecular complexity index is 7150. The van der Waals surface area contributed by atoms with Gasteiger partial charge >= 0.3 is 12.4 Å². The number of fused-ring (bicyclic) bond motifs is 2. The monoisotopic (exact) mass is 1540 g/mol. The van der Waals surface area contributed by atoms with Crippen LogP contribution in [0.4, 0.5) is 43.9 Å². The number of carbonyl (C=O) groups is 2. The predicted octanol–water partition coefficient (Wildman–Crippen LogP) is 17.4. The standard InChI is InChI=1S/2C41H40F5N3O3S/c2*1-27-6-15-36-34(22-27)37(50)23-39(53-26-31-4-3-5-35(42)40(31)43)49(36)25-38(51)48(33-16-18-47(19-17-33)20-21-52-2)24-28-7-9-29(10-8-28)30-11-13-32(14-12-30)41(44,45)46/h2*3-15,22-23,33H,16-21,24-26H2,1-2H3/i2D3,6D,15D,16D2,17D2,18D2,19D2,20D2,22D,23D,24D2,25D2,26D2,33D;2D3,6D,15D,16D2,17D2,18D2,19D2,20D2,22D,23D,24D2,25D2,33D. The van der Waals surface area contributed by atoms with Gasteiger partial charge in [-0.2, -0.15) is 26.3 Å². The number of ether oxygens (including phenoxy) is 2. The molecule has 0 N–H and O–H groups in total. The fourth-order valence-corrected chi connectivity index (χ4v) is 11.1. The van der Waals surface area contributed by atoms with Crippen LogP contribution in [0.25, 0.3) is 44.1 Å². The van der Waals surface area contributed by atoms with Crippen molar-refractivity contribution in [1.82, 2.24) is 28.7 Å². The van der Waals surface area contributed by atoms with E-state index in [1.54, 1.807) is 0 Å². The van der Waals surface area contributed by atoms with Crippen LogP contribution >= 0.6 is 23.5 Å². The minimum atomic E-state index is -5.03. The molecule has 0 bridgehead atoms. The van der Waals surface area contributed by atoms with E-state index in [2.05, 4.69) is 9.47 Å². The van der Waals surface area contributed by atoms with Gasteiger partial charge in [0.2, 0.25) is 11.8 Å². The lowest BCUT2D eigenvalue weighted by Crippen LogP contribution is -2.48. The van der Waals surface area contributed by atoms with E-state index in [9.17, 15) is 69.4 Å². The van der Waals surface area contributed by atoms with Crippen molar-refractivity contribution in [2.24, 2.45) is 0 Å². The summed E-state index contributed by atoms with van der Waals surface area (Å²) in [6, 6.07) is -1.31. The lowest BCUT2D eigenvalue weighted by molar-refractivity contribution is -0.138. The third kappa shape index (κ3) is 19.6. The van der Waals surface area contributed by atoms with Crippen LogP contribution in [-0.2, 0) is 68.9 Å². The van der Waals surface area contributed by atoms with Crippen molar-refractivity contribution < 1.29 is 126 Å². The van der Waals surface area contributed by atoms with Crippen molar-refractivity contribution in [3.8, 4) is 22.3 Å². The quantitative estimate of drug-likeness (QED) is 0.0428. The molecule has 0 spiro atoms. The molecule has 2 fully saturated rings. The highest BCUT2D eigenvalue weighted by molar-refractivity contribution is 7.98. The fourth-order valence-electron chi connectivity index (χ4n) is 9.43. The molecule has 0 saturated carbocycles. The molecule has 0 radical (unpaired) electrons. The number of hydrogen-bond donors (Lipinski definition) is 0. The molecule has 10 aromatic rings. The first kappa shape index (κ1) is 38.2. The number of piperidine rings is 2. The first-order valence-electron chi connectivity index (χ1n) is 53.2. The van der Waals surface area contributed by atoms with Crippen LogP contribution in [0.1, 0.15) is 133 Å². The molecule has 4 heterocycles. The number of pyridine rings is 2. The number of thioether (sulfide) groups is 2. The molecule has 106 heavy (non-hydrogen) atoms. The summed E-state index contributed by atoms with van der Waals surface area (Å²) < 4.78 is 557. The average Bonchev–Trinajstić information content (AvgIpc) is 0.654. The smallest absolute Gasteiger partial charge is 0.383 e. The van der Waals surface area contributed by atoms with Crippen molar-refractivity contribution in [3.05, 3.63) is 270 Å². The van der Waals surface area contributed by atoms with Gasteiger partial charge in [0.05, 0.1) is 78.3 Å². The van der Waals surface area contributed by atoms with Crippen LogP contribution in [0.2, 0.25) is 0 Å². The number of halogens is 10. The molecular formula is C82H80F10N6O6S2. The number of rotatable bonds is 24. The molecule has 12 nitrogen and oxygen atoms in total. The van der Waals surface area contributed by atoms with E-state index in [4.69, 9.17) is 38.4 Å². The summed E-state index contributed by atoms with van der Waals surface area (Å²) in [6.45, 7) is -45.7. The van der Waals surface area contributed by atoms with Gasteiger partial charge in [0.15, 0.2) is 34.1 Å². The van der Waals surface area contributed by atoms with Crippen LogP contribution in [0, 0.1) is 37.1 Å². The number of hydrogen-bond acceptors (Lipinski definition) is 10. The average molecular weight is 1550 g/mol. The number of benzene rings is 8. The van der Waals surface area contributed by atoms with Crippen LogP contribution in [0.5, 0.6) is 0 Å². The third-order valence-corrected chi connectivity index (χ3v) is 16.3. The van der Waals surface area contributed by atoms with Gasteiger partial charge in [0.25, 0.3) is 0 Å². The van der Waals surface area contributed by atoms with Gasteiger partial charge in [-0.05, 0) is 133 Å². The molecule has 2 amide bonds. The highest BCUT2D eigenvalue weighted by Gasteiger charge is 2.34. The van der Waals surface area contributed by atoms with Gasteiger partial charge in [0.1, 0.15) is 13.0 Å². The Morgan fingerprint density at radius 3 is 1.31 bits per heavy atom. The first-order chi connectivity index (χ1) is 68.5. The molecule has 2 aliphatic heterocycles. The first-order valence-corrected chi connectivity index (χ1v) is 32.0. The van der Waals surface area contributed by atoms with Gasteiger partial charge in [-0.15, -0.1) is 23.5 Å². The molecule has 8 aromatic carbocycles. The summed E-state index contributed by atoms with van der Waals surface area (Å²) in [5, 5.41) is -4.91. The number of aromatic nitrogens is 2. The maximum atomic E-state index is 15.9. The van der Waals surface area contributed by atoms with Crippen molar-refractivity contribution in [2.45, 2.75) is 111 Å². The number of alkyl halides is 6. The van der Waals surface area contributed by atoms with Gasteiger partial charge in [0, 0.05) is 154 Å². The molecule has 556 valence electrons. The van der Waals surface area contributed by atoms with E-state index < -0.39 is 356 Å². The van der Waals surface area contributed by atoms with Crippen LogP contribution in [0.15, 0.2) is 201 Å². The Balaban J connectivity index is 0.000000288. The van der Waals surface area contributed by atoms with Crippen molar-refractivity contribution in [2.75, 3.05) is 66.3 Å². The van der Waals surface area contributed by atoms with E-state index in [1.165, 1.54) is 0 Å². The zero-order valence-corrected chi connectivity index (χ0v) is 55.7. The summed E-state index contributed by atoms with van der Waals surface area (Å²) in [5.74, 6) is -12.9. The van der Waals surface area contributed by atoms with Gasteiger partial charge < -0.3 is 38.2 Å². The number of likely N-dealkylation sites (tertiary alicyclic amines) is 2. The predicted molar refractivity (Wildman–Crippen MR) is 395 cm³/mol. The Morgan fingerprint density at radius 2 is 0.915 bits per heavy atom. The SMILES string of the molecule is [2H]c1c(C)c([2H])c2c(=O)c([2H])c(SC([2H])([2H])c3cccc(F)c3F)n(C([2H])([2H])C(=O)N(C([2H])([2H])c3ccc(-c4ccc(C(F)(F)F)cc4)cc3)C3([2H])C([2H])([2H])C([2H])([2H])N(C([2H])([2H])COC([2H])([2H])[2H])C([2H])([2H])C3([2H])[2H])c2c1[2H].[2H]c1c(C)c([2H])c2c(=O)c([2H])c(SCc3cccc(F)c3F)n(C([2H])([2H])C(=O)N(C([2H])([2H])c3ccc(-c4ccc(C(F)(F)F)cc4)cc3)C3([2H])C([2H])([2H])C([2H])([2H])N(C([2H])([2H])COC([2H])([2H])[2H])C([2H])([2H])C3([2H])[2H])c2c1[2H]. The van der Waals surface area contributed by atoms with Crippen molar-refractivity contribution in [1.29, 1.82) is 0 Å².